The number of nitrogen functional groups attached to an aromatic ring is 1. The smallest absolute Gasteiger partial charge is 0.443 e. The van der Waals surface area contributed by atoms with Gasteiger partial charge in [-0.1, -0.05) is 0 Å². The van der Waals surface area contributed by atoms with E-state index < -0.39 is 60.7 Å². The van der Waals surface area contributed by atoms with Crippen molar-refractivity contribution in [3.8, 4) is 0 Å². The Morgan fingerprint density at radius 3 is 2.50 bits per heavy atom. The number of methoxy groups -OCH3 is 1. The number of anilines is 1. The quantitative estimate of drug-likeness (QED) is 0.231. The van der Waals surface area contributed by atoms with Crippen LogP contribution in [0.4, 0.5) is 5.82 Å². The zero-order valence-electron chi connectivity index (χ0n) is 17.0. The Hall–Kier alpha value is -1.30. The third-order valence-corrected chi connectivity index (χ3v) is 8.44. The van der Waals surface area contributed by atoms with Gasteiger partial charge in [0.15, 0.2) is 17.7 Å². The van der Waals surface area contributed by atoms with Crippen molar-refractivity contribution in [2.45, 2.75) is 31.0 Å². The highest BCUT2D eigenvalue weighted by molar-refractivity contribution is 7.84. The summed E-state index contributed by atoms with van der Waals surface area (Å²) in [5.74, 6) is 0.128. The molecule has 0 saturated carbocycles. The van der Waals surface area contributed by atoms with Gasteiger partial charge in [0.1, 0.15) is 30.2 Å². The molecule has 0 aliphatic carbocycles. The molecule has 0 aromatic carbocycles. The summed E-state index contributed by atoms with van der Waals surface area (Å²) in [6, 6.07) is 0. The number of nitrogens with two attached hydrogens (primary N) is 1. The fourth-order valence-electron chi connectivity index (χ4n) is 3.33. The van der Waals surface area contributed by atoms with Crippen LogP contribution in [0.25, 0.3) is 11.2 Å². The molecule has 2 aromatic heterocycles. The van der Waals surface area contributed by atoms with Crippen molar-refractivity contribution in [2.75, 3.05) is 19.5 Å². The molecule has 22 heteroatoms. The largest absolute Gasteiger partial charge is 0.485 e. The average molecular weight is 543 g/mol. The molecule has 2 aliphatic rings. The number of rotatable bonds is 9. The summed E-state index contributed by atoms with van der Waals surface area (Å²) in [4.78, 5) is 38.7. The van der Waals surface area contributed by atoms with E-state index in [2.05, 4.69) is 23.6 Å². The van der Waals surface area contributed by atoms with Crippen molar-refractivity contribution in [3.63, 3.8) is 0 Å². The van der Waals surface area contributed by atoms with Crippen molar-refractivity contribution >= 4 is 47.7 Å². The fraction of sp³-hybridized carbons (Fsp3) is 0.583. The molecular weight excluding hydrogens is 526 g/mol. The molecule has 7 atom stereocenters. The van der Waals surface area contributed by atoms with Gasteiger partial charge in [-0.3, -0.25) is 4.57 Å². The molecule has 0 spiro atoms. The van der Waals surface area contributed by atoms with E-state index in [-0.39, 0.29) is 5.82 Å². The van der Waals surface area contributed by atoms with Crippen LogP contribution in [0, 0.1) is 0 Å². The van der Waals surface area contributed by atoms with E-state index in [1.54, 1.807) is 0 Å². The molecule has 2 aliphatic heterocycles. The maximum Gasteiger partial charge on any atom is 0.485 e. The topological polar surface area (TPSA) is 246 Å². The molecule has 2 fully saturated rings. The van der Waals surface area contributed by atoms with Crippen molar-refractivity contribution in [2.24, 2.45) is 0 Å². The van der Waals surface area contributed by atoms with Crippen LogP contribution in [0.1, 0.15) is 6.23 Å². The van der Waals surface area contributed by atoms with Gasteiger partial charge in [0, 0.05) is 7.11 Å². The summed E-state index contributed by atoms with van der Waals surface area (Å²) < 4.78 is 70.9. The minimum absolute atomic E-state index is 0.128. The van der Waals surface area contributed by atoms with E-state index in [9.17, 15) is 18.6 Å². The monoisotopic (exact) mass is 543 g/mol. The average Bonchev–Trinajstić information content (AvgIpc) is 3.37. The number of hydrogen-bond donors (Lipinski definition) is 4. The number of hydrogen-bond acceptors (Lipinski definition) is 14. The van der Waals surface area contributed by atoms with Gasteiger partial charge in [-0.25, -0.2) is 28.4 Å². The summed E-state index contributed by atoms with van der Waals surface area (Å²) in [5, 5.41) is 0. The van der Waals surface area contributed by atoms with E-state index in [0.29, 0.717) is 11.2 Å². The third-order valence-electron chi connectivity index (χ3n) is 4.52. The van der Waals surface area contributed by atoms with E-state index in [4.69, 9.17) is 46.6 Å². The Kier molecular flexibility index (Phi) is 7.05. The lowest BCUT2D eigenvalue weighted by atomic mass is 10.1. The maximum absolute atomic E-state index is 12.3. The predicted molar refractivity (Wildman–Crippen MR) is 108 cm³/mol. The molecule has 3 unspecified atom stereocenters. The Bertz CT molecular complexity index is 1210. The molecule has 3 radical (unpaired) electrons. The third kappa shape index (κ3) is 5.58. The SMILES string of the molecule is [B-]P(=O)(OC[C@H]1O[C@@H](n2cnc3c(N)ncnc32)[C@@H]2OC(OC)O[C@@H]21)OP(=O)(O)OP(=O)(O)O. The van der Waals surface area contributed by atoms with Crippen molar-refractivity contribution in [1.29, 1.82) is 0 Å². The molecule has 4 heterocycles. The summed E-state index contributed by atoms with van der Waals surface area (Å²) in [6.45, 7) is -1.72. The summed E-state index contributed by atoms with van der Waals surface area (Å²) in [5.41, 5.74) is 6.42. The number of ether oxygens (including phenoxy) is 4. The summed E-state index contributed by atoms with van der Waals surface area (Å²) in [6.07, 6.45) is -1.05. The second-order valence-electron chi connectivity index (χ2n) is 6.83. The van der Waals surface area contributed by atoms with Gasteiger partial charge in [0.2, 0.25) is 0 Å². The minimum atomic E-state index is -5.55. The molecular formula is C12H17BN5O13P3-. The van der Waals surface area contributed by atoms with Gasteiger partial charge < -0.3 is 56.0 Å². The maximum atomic E-state index is 12.3. The number of aromatic nitrogens is 4. The second kappa shape index (κ2) is 9.30. The fourth-order valence-corrected chi connectivity index (χ4v) is 6.48. The Morgan fingerprint density at radius 2 is 1.82 bits per heavy atom. The zero-order chi connectivity index (χ0) is 24.9. The summed E-state index contributed by atoms with van der Waals surface area (Å²) in [7, 11) is -9.32. The van der Waals surface area contributed by atoms with Crippen LogP contribution in [0.2, 0.25) is 0 Å². The number of phosphoric acid groups is 2. The normalized spacial score (nSPS) is 30.8. The number of imidazole rings is 1. The first-order valence-electron chi connectivity index (χ1n) is 9.05. The molecule has 0 amide bonds. The second-order valence-corrected chi connectivity index (χ2v) is 11.4. The van der Waals surface area contributed by atoms with E-state index in [1.807, 2.05) is 0 Å². The number of fused-ring (bicyclic) bond motifs is 2. The number of nitrogens with zero attached hydrogens (tertiary/aromatic N) is 4. The molecule has 5 N–H and O–H groups in total. The van der Waals surface area contributed by atoms with E-state index in [0.717, 1.165) is 0 Å². The first kappa shape index (κ1) is 25.8. The highest BCUT2D eigenvalue weighted by Crippen LogP contribution is 2.66. The van der Waals surface area contributed by atoms with Gasteiger partial charge in [0.25, 0.3) is 6.48 Å². The van der Waals surface area contributed by atoms with Gasteiger partial charge in [-0.05, 0) is 0 Å². The van der Waals surface area contributed by atoms with Crippen molar-refractivity contribution in [1.82, 2.24) is 19.5 Å². The van der Waals surface area contributed by atoms with E-state index in [1.165, 1.54) is 24.3 Å². The van der Waals surface area contributed by atoms with Crippen LogP contribution in [0.5, 0.6) is 0 Å². The molecule has 0 bridgehead atoms. The molecule has 34 heavy (non-hydrogen) atoms. The lowest BCUT2D eigenvalue weighted by Gasteiger charge is -2.29. The van der Waals surface area contributed by atoms with Crippen LogP contribution in [0.3, 0.4) is 0 Å². The Labute approximate surface area is 191 Å². The van der Waals surface area contributed by atoms with Crippen LogP contribution >= 0.6 is 23.1 Å². The first-order valence-corrected chi connectivity index (χ1v) is 13.7. The van der Waals surface area contributed by atoms with Crippen molar-refractivity contribution in [3.05, 3.63) is 12.7 Å². The molecule has 2 saturated heterocycles. The first-order chi connectivity index (χ1) is 15.8. The van der Waals surface area contributed by atoms with Gasteiger partial charge in [-0.2, -0.15) is 4.31 Å². The molecule has 187 valence electrons. The van der Waals surface area contributed by atoms with Crippen molar-refractivity contribution < 1.29 is 60.5 Å². The zero-order valence-corrected chi connectivity index (χ0v) is 19.6. The summed E-state index contributed by atoms with van der Waals surface area (Å²) >= 11 is 0. The Balaban J connectivity index is 1.51. The molecule has 4 rings (SSSR count). The highest BCUT2D eigenvalue weighted by atomic mass is 31.3. The minimum Gasteiger partial charge on any atom is -0.443 e. The molecule has 18 nitrogen and oxygen atoms in total. The van der Waals surface area contributed by atoms with Gasteiger partial charge in [0.05, 0.1) is 20.4 Å². The van der Waals surface area contributed by atoms with Crippen LogP contribution in [0.15, 0.2) is 12.7 Å². The van der Waals surface area contributed by atoms with Crippen LogP contribution in [-0.4, -0.2) is 80.3 Å². The molecule has 2 aromatic rings. The van der Waals surface area contributed by atoms with Crippen LogP contribution < -0.4 is 5.73 Å². The Morgan fingerprint density at radius 1 is 1.12 bits per heavy atom. The lowest BCUT2D eigenvalue weighted by Crippen LogP contribution is -2.31. The lowest BCUT2D eigenvalue weighted by molar-refractivity contribution is -0.256. The predicted octanol–water partition coefficient (Wildman–Crippen LogP) is -0.461. The standard InChI is InChI=1S/C12H17BN5O13P3/c1-25-12-28-7-5(2-26-32(13,19)30-34(23,24)31-33(20,21)22)27-11(8(7)29-12)18-4-17-6-9(14)15-3-16-10(6)18/h3-5,7-8,11-12H,2H2,1H3,(H,23,24)(H2,14,15,16)(H2,20,21,22)/q-1/t5-,7-,8-,11-,12?,32?/m1/s1. The highest BCUT2D eigenvalue weighted by Gasteiger charge is 2.54. The van der Waals surface area contributed by atoms with Crippen LogP contribution in [-0.2, 0) is 45.8 Å². The van der Waals surface area contributed by atoms with Gasteiger partial charge >= 0.3 is 15.6 Å². The van der Waals surface area contributed by atoms with Gasteiger partial charge in [-0.15, -0.1) is 0 Å². The van der Waals surface area contributed by atoms with E-state index >= 15 is 0 Å².